The number of esters is 1. The molecule has 2 aromatic carbocycles. The van der Waals surface area contributed by atoms with Crippen LogP contribution in [0.2, 0.25) is 0 Å². The minimum atomic E-state index is -0.393. The molecule has 3 aromatic rings. The molecule has 0 atom stereocenters. The first kappa shape index (κ1) is 18.1. The first-order valence-electron chi connectivity index (χ1n) is 8.43. The molecule has 0 saturated heterocycles. The number of amides is 1. The van der Waals surface area contributed by atoms with Crippen molar-refractivity contribution in [2.24, 2.45) is 0 Å². The van der Waals surface area contributed by atoms with Crippen LogP contribution in [0.5, 0.6) is 0 Å². The number of para-hydroxylation sites is 1. The summed E-state index contributed by atoms with van der Waals surface area (Å²) in [6.45, 7) is 2.16. The number of nitrogens with one attached hydrogen (secondary N) is 1. The van der Waals surface area contributed by atoms with Gasteiger partial charge in [-0.1, -0.05) is 36.4 Å². The Hall–Kier alpha value is -2.73. The van der Waals surface area contributed by atoms with Crippen LogP contribution in [0.3, 0.4) is 0 Å². The van der Waals surface area contributed by atoms with Crippen molar-refractivity contribution in [2.75, 3.05) is 6.61 Å². The summed E-state index contributed by atoms with van der Waals surface area (Å²) in [6, 6.07) is 15.7. The number of rotatable bonds is 7. The van der Waals surface area contributed by atoms with E-state index in [2.05, 4.69) is 10.3 Å². The summed E-state index contributed by atoms with van der Waals surface area (Å²) in [5.74, 6) is -0.697. The minimum Gasteiger partial charge on any atom is -0.456 e. The van der Waals surface area contributed by atoms with Crippen molar-refractivity contribution in [3.63, 3.8) is 0 Å². The first-order valence-corrected chi connectivity index (χ1v) is 9.25. The number of nitrogens with zero attached hydrogens (tertiary/aromatic N) is 1. The summed E-state index contributed by atoms with van der Waals surface area (Å²) in [5.41, 5.74) is 3.10. The molecule has 0 aliphatic rings. The fourth-order valence-corrected chi connectivity index (χ4v) is 3.47. The summed E-state index contributed by atoms with van der Waals surface area (Å²) < 4.78 is 6.15. The van der Waals surface area contributed by atoms with Crippen LogP contribution >= 0.6 is 11.3 Å². The smallest absolute Gasteiger partial charge is 0.306 e. The van der Waals surface area contributed by atoms with Crippen molar-refractivity contribution >= 4 is 33.4 Å². The number of hydrogen-bond donors (Lipinski definition) is 1. The van der Waals surface area contributed by atoms with Gasteiger partial charge in [0.15, 0.2) is 6.61 Å². The van der Waals surface area contributed by atoms with Gasteiger partial charge in [0.2, 0.25) is 0 Å². The van der Waals surface area contributed by atoms with Gasteiger partial charge in [0.1, 0.15) is 0 Å². The van der Waals surface area contributed by atoms with Gasteiger partial charge in [-0.3, -0.25) is 9.59 Å². The summed E-state index contributed by atoms with van der Waals surface area (Å²) in [5, 5.41) is 3.66. The molecule has 3 rings (SSSR count). The van der Waals surface area contributed by atoms with Crippen molar-refractivity contribution < 1.29 is 14.3 Å². The number of aromatic nitrogens is 1. The van der Waals surface area contributed by atoms with E-state index in [0.29, 0.717) is 13.0 Å². The Morgan fingerprint density at radius 3 is 2.69 bits per heavy atom. The van der Waals surface area contributed by atoms with Crippen LogP contribution in [0.1, 0.15) is 22.6 Å². The Morgan fingerprint density at radius 2 is 1.88 bits per heavy atom. The van der Waals surface area contributed by atoms with E-state index in [1.807, 2.05) is 55.5 Å². The second kappa shape index (κ2) is 8.58. The zero-order valence-electron chi connectivity index (χ0n) is 14.5. The zero-order chi connectivity index (χ0) is 18.4. The van der Waals surface area contributed by atoms with Crippen molar-refractivity contribution in [1.82, 2.24) is 10.3 Å². The van der Waals surface area contributed by atoms with Gasteiger partial charge < -0.3 is 10.1 Å². The van der Waals surface area contributed by atoms with Gasteiger partial charge in [0.25, 0.3) is 5.91 Å². The lowest BCUT2D eigenvalue weighted by atomic mass is 10.1. The molecule has 1 aromatic heterocycles. The molecule has 134 valence electrons. The molecule has 0 bridgehead atoms. The largest absolute Gasteiger partial charge is 0.456 e. The molecule has 1 heterocycles. The van der Waals surface area contributed by atoms with E-state index in [-0.39, 0.29) is 18.9 Å². The number of carbonyl (C=O) groups is 2. The van der Waals surface area contributed by atoms with Crippen LogP contribution in [0.4, 0.5) is 0 Å². The van der Waals surface area contributed by atoms with Gasteiger partial charge in [-0.25, -0.2) is 4.98 Å². The summed E-state index contributed by atoms with van der Waals surface area (Å²) in [4.78, 5) is 28.1. The highest BCUT2D eigenvalue weighted by Gasteiger charge is 2.10. The third-order valence-electron chi connectivity index (χ3n) is 3.98. The van der Waals surface area contributed by atoms with Crippen molar-refractivity contribution in [3.8, 4) is 0 Å². The fraction of sp³-hybridized carbons (Fsp3) is 0.250. The molecule has 0 aliphatic heterocycles. The van der Waals surface area contributed by atoms with Gasteiger partial charge in [-0.2, -0.15) is 0 Å². The van der Waals surface area contributed by atoms with E-state index in [0.717, 1.165) is 26.4 Å². The zero-order valence-corrected chi connectivity index (χ0v) is 15.3. The number of carbonyl (C=O) groups excluding carboxylic acids is 2. The van der Waals surface area contributed by atoms with E-state index in [1.165, 1.54) is 0 Å². The molecular formula is C20H20N2O3S. The van der Waals surface area contributed by atoms with E-state index in [4.69, 9.17) is 4.74 Å². The maximum absolute atomic E-state index is 11.8. The Labute approximate surface area is 156 Å². The van der Waals surface area contributed by atoms with Crippen LogP contribution in [-0.2, 0) is 27.3 Å². The van der Waals surface area contributed by atoms with Crippen molar-refractivity contribution in [3.05, 3.63) is 64.7 Å². The van der Waals surface area contributed by atoms with Crippen molar-refractivity contribution in [1.29, 1.82) is 0 Å². The van der Waals surface area contributed by atoms with Gasteiger partial charge in [0.05, 0.1) is 21.6 Å². The molecule has 26 heavy (non-hydrogen) atoms. The first-order chi connectivity index (χ1) is 12.6. The average Bonchev–Trinajstić information content (AvgIpc) is 3.07. The maximum atomic E-state index is 11.8. The standard InChI is InChI=1S/C20H20N2O3S/c1-14-6-2-3-7-15(14)12-21-18(23)13-25-20(24)11-10-19-22-16-8-4-5-9-17(16)26-19/h2-9H,10-13H2,1H3,(H,21,23). The lowest BCUT2D eigenvalue weighted by Crippen LogP contribution is -2.28. The van der Waals surface area contributed by atoms with Gasteiger partial charge in [-0.05, 0) is 30.2 Å². The number of thiazole rings is 1. The maximum Gasteiger partial charge on any atom is 0.306 e. The number of fused-ring (bicyclic) bond motifs is 1. The highest BCUT2D eigenvalue weighted by atomic mass is 32.1. The molecule has 0 unspecified atom stereocenters. The Kier molecular flexibility index (Phi) is 5.96. The normalized spacial score (nSPS) is 10.7. The third-order valence-corrected chi connectivity index (χ3v) is 5.08. The second-order valence-electron chi connectivity index (χ2n) is 5.94. The predicted molar refractivity (Wildman–Crippen MR) is 102 cm³/mol. The Balaban J connectivity index is 1.39. The van der Waals surface area contributed by atoms with Gasteiger partial charge in [-0.15, -0.1) is 11.3 Å². The second-order valence-corrected chi connectivity index (χ2v) is 7.05. The number of ether oxygens (including phenoxy) is 1. The fourth-order valence-electron chi connectivity index (χ4n) is 2.51. The molecule has 6 heteroatoms. The van der Waals surface area contributed by atoms with Crippen molar-refractivity contribution in [2.45, 2.75) is 26.3 Å². The van der Waals surface area contributed by atoms with Gasteiger partial charge >= 0.3 is 5.97 Å². The van der Waals surface area contributed by atoms with Crippen LogP contribution in [0, 0.1) is 6.92 Å². The van der Waals surface area contributed by atoms with Crippen LogP contribution in [-0.4, -0.2) is 23.5 Å². The number of hydrogen-bond acceptors (Lipinski definition) is 5. The van der Waals surface area contributed by atoms with E-state index in [9.17, 15) is 9.59 Å². The lowest BCUT2D eigenvalue weighted by Gasteiger charge is -2.08. The highest BCUT2D eigenvalue weighted by molar-refractivity contribution is 7.18. The molecule has 1 N–H and O–H groups in total. The number of aryl methyl sites for hydroxylation is 2. The molecule has 0 aliphatic carbocycles. The predicted octanol–water partition coefficient (Wildman–Crippen LogP) is 3.40. The average molecular weight is 368 g/mol. The molecule has 5 nitrogen and oxygen atoms in total. The monoisotopic (exact) mass is 368 g/mol. The molecule has 1 amide bonds. The summed E-state index contributed by atoms with van der Waals surface area (Å²) in [7, 11) is 0. The van der Waals surface area contributed by atoms with Crippen LogP contribution in [0.25, 0.3) is 10.2 Å². The van der Waals surface area contributed by atoms with Crippen LogP contribution in [0.15, 0.2) is 48.5 Å². The Bertz CT molecular complexity index is 887. The topological polar surface area (TPSA) is 68.3 Å². The molecule has 0 fully saturated rings. The highest BCUT2D eigenvalue weighted by Crippen LogP contribution is 2.22. The summed E-state index contributed by atoms with van der Waals surface area (Å²) >= 11 is 1.57. The quantitative estimate of drug-likeness (QED) is 0.649. The van der Waals surface area contributed by atoms with E-state index >= 15 is 0 Å². The molecule has 0 saturated carbocycles. The molecule has 0 spiro atoms. The van der Waals surface area contributed by atoms with Gasteiger partial charge in [0, 0.05) is 13.0 Å². The SMILES string of the molecule is Cc1ccccc1CNC(=O)COC(=O)CCc1nc2ccccc2s1. The lowest BCUT2D eigenvalue weighted by molar-refractivity contribution is -0.148. The minimum absolute atomic E-state index is 0.213. The third kappa shape index (κ3) is 4.89. The molecular weight excluding hydrogens is 348 g/mol. The summed E-state index contributed by atoms with van der Waals surface area (Å²) in [6.07, 6.45) is 0.730. The van der Waals surface area contributed by atoms with E-state index in [1.54, 1.807) is 11.3 Å². The number of benzene rings is 2. The Morgan fingerprint density at radius 1 is 1.12 bits per heavy atom. The molecule has 0 radical (unpaired) electrons. The van der Waals surface area contributed by atoms with Crippen LogP contribution < -0.4 is 5.32 Å². The van der Waals surface area contributed by atoms with E-state index < -0.39 is 5.97 Å².